The molecule has 0 amide bonds. The Kier molecular flexibility index (Phi) is 11.7. The van der Waals surface area contributed by atoms with Crippen molar-refractivity contribution in [3.63, 3.8) is 0 Å². The second-order valence-electron chi connectivity index (χ2n) is 3.52. The van der Waals surface area contributed by atoms with E-state index in [4.69, 9.17) is 0 Å². The highest BCUT2D eigenvalue weighted by Crippen LogP contribution is 1.97. The Morgan fingerprint density at radius 2 is 1.67 bits per heavy atom. The van der Waals surface area contributed by atoms with Crippen molar-refractivity contribution in [2.24, 2.45) is 0 Å². The minimum Gasteiger partial charge on any atom is -0.389 e. The van der Waals surface area contributed by atoms with Crippen molar-refractivity contribution in [3.8, 4) is 23.7 Å². The molecule has 1 unspecified atom stereocenters. The molecule has 0 heterocycles. The molecule has 1 atom stereocenters. The third-order valence-corrected chi connectivity index (χ3v) is 1.89. The Morgan fingerprint density at radius 1 is 1.00 bits per heavy atom. The van der Waals surface area contributed by atoms with E-state index in [2.05, 4.69) is 23.7 Å². The van der Waals surface area contributed by atoms with Gasteiger partial charge < -0.3 is 5.11 Å². The fourth-order valence-corrected chi connectivity index (χ4v) is 1.06. The summed E-state index contributed by atoms with van der Waals surface area (Å²) in [7, 11) is 0. The van der Waals surface area contributed by atoms with Crippen LogP contribution in [0.3, 0.4) is 0 Å². The van der Waals surface area contributed by atoms with Crippen molar-refractivity contribution in [1.82, 2.24) is 0 Å². The highest BCUT2D eigenvalue weighted by molar-refractivity contribution is 5.34. The molecule has 94 valence electrons. The zero-order valence-electron chi connectivity index (χ0n) is 11.1. The molecule has 18 heavy (non-hydrogen) atoms. The van der Waals surface area contributed by atoms with E-state index >= 15 is 0 Å². The van der Waals surface area contributed by atoms with Gasteiger partial charge in [0.15, 0.2) is 0 Å². The molecule has 1 nitrogen and oxygen atoms in total. The quantitative estimate of drug-likeness (QED) is 0.577. The van der Waals surface area contributed by atoms with Crippen LogP contribution in [-0.4, -0.2) is 11.2 Å². The van der Waals surface area contributed by atoms with Crippen LogP contribution >= 0.6 is 0 Å². The van der Waals surface area contributed by atoms with Crippen molar-refractivity contribution >= 4 is 0 Å². The number of hydrogen-bond donors (Lipinski definition) is 1. The molecule has 0 radical (unpaired) electrons. The molecule has 0 rings (SSSR count). The summed E-state index contributed by atoms with van der Waals surface area (Å²) in [6, 6.07) is 0. The maximum atomic E-state index is 9.41. The topological polar surface area (TPSA) is 20.2 Å². The van der Waals surface area contributed by atoms with Crippen molar-refractivity contribution < 1.29 is 5.11 Å². The minimum atomic E-state index is -0.342. The predicted molar refractivity (Wildman–Crippen MR) is 78.7 cm³/mol. The first-order valence-corrected chi connectivity index (χ1v) is 6.11. The molecule has 0 aliphatic heterocycles. The monoisotopic (exact) mass is 240 g/mol. The third kappa shape index (κ3) is 12.1. The van der Waals surface area contributed by atoms with Crippen LogP contribution in [0.1, 0.15) is 26.7 Å². The maximum Gasteiger partial charge on any atom is 0.0723 e. The van der Waals surface area contributed by atoms with Gasteiger partial charge in [-0.15, -0.1) is 0 Å². The highest BCUT2D eigenvalue weighted by atomic mass is 16.3. The third-order valence-electron chi connectivity index (χ3n) is 1.89. The van der Waals surface area contributed by atoms with Gasteiger partial charge in [-0.2, -0.15) is 0 Å². The fraction of sp³-hybridized carbons (Fsp3) is 0.294. The van der Waals surface area contributed by atoms with Crippen LogP contribution in [0.2, 0.25) is 0 Å². The van der Waals surface area contributed by atoms with Gasteiger partial charge in [-0.3, -0.25) is 0 Å². The van der Waals surface area contributed by atoms with Crippen molar-refractivity contribution in [2.75, 3.05) is 0 Å². The van der Waals surface area contributed by atoms with E-state index < -0.39 is 0 Å². The second-order valence-corrected chi connectivity index (χ2v) is 3.52. The summed E-state index contributed by atoms with van der Waals surface area (Å²) in [6.45, 7) is 3.96. The molecule has 0 aliphatic rings. The largest absolute Gasteiger partial charge is 0.389 e. The number of rotatable bonds is 5. The molecule has 0 aliphatic carbocycles. The van der Waals surface area contributed by atoms with Gasteiger partial charge in [-0.05, 0) is 37.3 Å². The fourth-order valence-electron chi connectivity index (χ4n) is 1.06. The maximum absolute atomic E-state index is 9.41. The van der Waals surface area contributed by atoms with Gasteiger partial charge in [-0.25, -0.2) is 0 Å². The summed E-state index contributed by atoms with van der Waals surface area (Å²) >= 11 is 0. The van der Waals surface area contributed by atoms with Gasteiger partial charge in [0.05, 0.1) is 6.10 Å². The summed E-state index contributed by atoms with van der Waals surface area (Å²) in [5.41, 5.74) is 0. The Morgan fingerprint density at radius 3 is 2.33 bits per heavy atom. The van der Waals surface area contributed by atoms with Crippen LogP contribution in [0.5, 0.6) is 0 Å². The zero-order chi connectivity index (χ0) is 13.5. The first-order valence-electron chi connectivity index (χ1n) is 6.11. The van der Waals surface area contributed by atoms with Gasteiger partial charge in [0.25, 0.3) is 0 Å². The second kappa shape index (κ2) is 13.1. The molecule has 0 saturated carbocycles. The average molecular weight is 240 g/mol. The Labute approximate surface area is 111 Å². The molecular formula is C17H20O. The van der Waals surface area contributed by atoms with Gasteiger partial charge >= 0.3 is 0 Å². The van der Waals surface area contributed by atoms with E-state index in [0.717, 1.165) is 12.8 Å². The van der Waals surface area contributed by atoms with Crippen LogP contribution in [0.4, 0.5) is 0 Å². The summed E-state index contributed by atoms with van der Waals surface area (Å²) < 4.78 is 0. The van der Waals surface area contributed by atoms with E-state index in [0.29, 0.717) is 0 Å². The molecule has 0 bridgehead atoms. The van der Waals surface area contributed by atoms with Crippen LogP contribution in [0.15, 0.2) is 48.6 Å². The summed E-state index contributed by atoms with van der Waals surface area (Å²) in [5.74, 6) is 11.0. The van der Waals surface area contributed by atoms with Crippen molar-refractivity contribution in [3.05, 3.63) is 48.6 Å². The molecular weight excluding hydrogens is 220 g/mol. The van der Waals surface area contributed by atoms with Gasteiger partial charge in [-0.1, -0.05) is 61.6 Å². The number of aliphatic hydroxyl groups is 1. The number of aliphatic hydroxyl groups excluding tert-OH is 1. The lowest BCUT2D eigenvalue weighted by molar-refractivity contribution is 0.211. The van der Waals surface area contributed by atoms with Crippen LogP contribution in [-0.2, 0) is 0 Å². The Balaban J connectivity index is 3.92. The van der Waals surface area contributed by atoms with Crippen molar-refractivity contribution in [1.29, 1.82) is 0 Å². The molecule has 1 N–H and O–H groups in total. The smallest absolute Gasteiger partial charge is 0.0723 e. The van der Waals surface area contributed by atoms with Crippen LogP contribution in [0.25, 0.3) is 0 Å². The Hall–Kier alpha value is -1.96. The zero-order valence-corrected chi connectivity index (χ0v) is 11.1. The average Bonchev–Trinajstić information content (AvgIpc) is 2.36. The van der Waals surface area contributed by atoms with Gasteiger partial charge in [0, 0.05) is 0 Å². The molecule has 0 saturated heterocycles. The minimum absolute atomic E-state index is 0.342. The summed E-state index contributed by atoms with van der Waals surface area (Å²) in [5, 5.41) is 9.41. The van der Waals surface area contributed by atoms with E-state index in [1.54, 1.807) is 18.2 Å². The lowest BCUT2D eigenvalue weighted by Crippen LogP contribution is -1.99. The van der Waals surface area contributed by atoms with Gasteiger partial charge in [0.1, 0.15) is 0 Å². The van der Waals surface area contributed by atoms with E-state index in [1.165, 1.54) is 0 Å². The SMILES string of the molecule is CC=CC#CC#CC=CC=CC=CC(O)CCC. The van der Waals surface area contributed by atoms with E-state index in [-0.39, 0.29) is 6.10 Å². The molecule has 0 aromatic rings. The van der Waals surface area contributed by atoms with Gasteiger partial charge in [0.2, 0.25) is 0 Å². The summed E-state index contributed by atoms with van der Waals surface area (Å²) in [4.78, 5) is 0. The van der Waals surface area contributed by atoms with Crippen molar-refractivity contribution in [2.45, 2.75) is 32.8 Å². The molecule has 1 heteroatoms. The van der Waals surface area contributed by atoms with E-state index in [1.807, 2.05) is 44.2 Å². The molecule has 0 spiro atoms. The molecule has 0 aromatic carbocycles. The lowest BCUT2D eigenvalue weighted by Gasteiger charge is -1.99. The van der Waals surface area contributed by atoms with Crippen LogP contribution in [0, 0.1) is 23.7 Å². The van der Waals surface area contributed by atoms with E-state index in [9.17, 15) is 5.11 Å². The standard InChI is InChI=1S/C17H20O/c1-3-5-6-7-8-9-10-11-12-13-14-16-17(18)15-4-2/h3,5,10-14,16-18H,4,15H2,1-2H3. The molecule has 0 fully saturated rings. The Bertz CT molecular complexity index is 428. The first kappa shape index (κ1) is 16.0. The normalized spacial score (nSPS) is 12.8. The van der Waals surface area contributed by atoms with Crippen LogP contribution < -0.4 is 0 Å². The number of hydrogen-bond acceptors (Lipinski definition) is 1. The highest BCUT2D eigenvalue weighted by Gasteiger charge is 1.92. The molecule has 0 aromatic heterocycles. The summed E-state index contributed by atoms with van der Waals surface area (Å²) in [6.07, 6.45) is 16.0. The lowest BCUT2D eigenvalue weighted by atomic mass is 10.2. The number of allylic oxidation sites excluding steroid dienone is 7. The first-order chi connectivity index (χ1) is 8.81. The predicted octanol–water partition coefficient (Wildman–Crippen LogP) is 3.40.